The van der Waals surface area contributed by atoms with Gasteiger partial charge in [0.2, 0.25) is 6.29 Å². The number of hydrogen-bond donors (Lipinski definition) is 0. The Hall–Kier alpha value is -1.86. The maximum Gasteiger partial charge on any atom is 0.233 e. The molecule has 1 radical (unpaired) electrons. The zero-order valence-corrected chi connectivity index (χ0v) is 10.5. The molecule has 2 rings (SSSR count). The Bertz CT molecular complexity index is 556. The molecule has 2 aromatic rings. The average Bonchev–Trinajstić information content (AvgIpc) is 2.41. The van der Waals surface area contributed by atoms with Crippen molar-refractivity contribution >= 4 is 24.0 Å². The van der Waals surface area contributed by atoms with Crippen molar-refractivity contribution < 1.29 is 4.79 Å². The van der Waals surface area contributed by atoms with E-state index < -0.39 is 0 Å². The molecule has 1 nitrogen and oxygen atoms in total. The van der Waals surface area contributed by atoms with E-state index in [0.29, 0.717) is 12.0 Å². The summed E-state index contributed by atoms with van der Waals surface area (Å²) >= 11 is 5.81. The Morgan fingerprint density at radius 1 is 1.06 bits per heavy atom. The lowest BCUT2D eigenvalue weighted by molar-refractivity contribution is 0.562. The largest absolute Gasteiger partial charge is 0.285 e. The third kappa shape index (κ3) is 3.31. The first-order valence-corrected chi connectivity index (χ1v) is 6.05. The third-order valence-corrected chi connectivity index (χ3v) is 2.90. The summed E-state index contributed by atoms with van der Waals surface area (Å²) in [4.78, 5) is 10.7. The SMILES string of the molecule is O=[C]c1ccccc1CC=Cc1ccc(Cl)cc1. The van der Waals surface area contributed by atoms with E-state index in [1.165, 1.54) is 0 Å². The Labute approximate surface area is 112 Å². The van der Waals surface area contributed by atoms with Gasteiger partial charge in [-0.15, -0.1) is 0 Å². The van der Waals surface area contributed by atoms with E-state index in [1.807, 2.05) is 60.9 Å². The monoisotopic (exact) mass is 255 g/mol. The summed E-state index contributed by atoms with van der Waals surface area (Å²) in [5.74, 6) is 0. The highest BCUT2D eigenvalue weighted by molar-refractivity contribution is 6.30. The van der Waals surface area contributed by atoms with Gasteiger partial charge in [-0.05, 0) is 29.7 Å². The first kappa shape index (κ1) is 12.6. The molecule has 0 saturated heterocycles. The van der Waals surface area contributed by atoms with E-state index in [4.69, 9.17) is 11.6 Å². The number of rotatable bonds is 4. The van der Waals surface area contributed by atoms with Crippen LogP contribution in [0, 0.1) is 0 Å². The van der Waals surface area contributed by atoms with Gasteiger partial charge in [-0.2, -0.15) is 0 Å². The van der Waals surface area contributed by atoms with Crippen molar-refractivity contribution in [3.05, 3.63) is 76.3 Å². The zero-order valence-electron chi connectivity index (χ0n) is 9.77. The second-order valence-electron chi connectivity index (χ2n) is 3.92. The molecule has 0 amide bonds. The van der Waals surface area contributed by atoms with E-state index in [1.54, 1.807) is 6.07 Å². The van der Waals surface area contributed by atoms with Gasteiger partial charge >= 0.3 is 0 Å². The van der Waals surface area contributed by atoms with E-state index in [-0.39, 0.29) is 0 Å². The molecule has 0 N–H and O–H groups in total. The molecule has 0 heterocycles. The molecule has 89 valence electrons. The highest BCUT2D eigenvalue weighted by atomic mass is 35.5. The minimum absolute atomic E-state index is 0.623. The van der Waals surface area contributed by atoms with Crippen molar-refractivity contribution in [1.29, 1.82) is 0 Å². The molecule has 2 heteroatoms. The normalized spacial score (nSPS) is 10.7. The fourth-order valence-electron chi connectivity index (χ4n) is 1.69. The molecule has 0 unspecified atom stereocenters. The fourth-order valence-corrected chi connectivity index (χ4v) is 1.82. The topological polar surface area (TPSA) is 17.1 Å². The van der Waals surface area contributed by atoms with Gasteiger partial charge in [-0.3, -0.25) is 4.79 Å². The summed E-state index contributed by atoms with van der Waals surface area (Å²) in [6, 6.07) is 15.1. The van der Waals surface area contributed by atoms with Gasteiger partial charge in [0.25, 0.3) is 0 Å². The van der Waals surface area contributed by atoms with Gasteiger partial charge in [0.05, 0.1) is 0 Å². The Kier molecular flexibility index (Phi) is 4.32. The number of carbonyl (C=O) groups excluding carboxylic acids is 1. The van der Waals surface area contributed by atoms with Gasteiger partial charge in [-0.1, -0.05) is 60.2 Å². The summed E-state index contributed by atoms with van der Waals surface area (Å²) in [6.07, 6.45) is 6.71. The molecule has 0 bridgehead atoms. The highest BCUT2D eigenvalue weighted by Gasteiger charge is 1.98. The van der Waals surface area contributed by atoms with Crippen LogP contribution in [-0.2, 0) is 11.2 Å². The molecule has 0 fully saturated rings. The van der Waals surface area contributed by atoms with Crippen molar-refractivity contribution in [2.45, 2.75) is 6.42 Å². The predicted molar refractivity (Wildman–Crippen MR) is 75.4 cm³/mol. The number of allylic oxidation sites excluding steroid dienone is 1. The molecule has 0 atom stereocenters. The minimum atomic E-state index is 0.623. The van der Waals surface area contributed by atoms with Gasteiger partial charge in [0.15, 0.2) is 0 Å². The number of hydrogen-bond acceptors (Lipinski definition) is 1. The van der Waals surface area contributed by atoms with E-state index >= 15 is 0 Å². The minimum Gasteiger partial charge on any atom is -0.285 e. The standard InChI is InChI=1S/C16H12ClO/c17-16-10-8-13(9-11-16)4-3-7-14-5-1-2-6-15(14)12-18/h1-6,8-11H,7H2. The van der Waals surface area contributed by atoms with Crippen LogP contribution >= 0.6 is 11.6 Å². The first-order valence-electron chi connectivity index (χ1n) is 5.68. The summed E-state index contributed by atoms with van der Waals surface area (Å²) < 4.78 is 0. The second kappa shape index (κ2) is 6.18. The van der Waals surface area contributed by atoms with Gasteiger partial charge in [-0.25, -0.2) is 0 Å². The van der Waals surface area contributed by atoms with Gasteiger partial charge < -0.3 is 0 Å². The van der Waals surface area contributed by atoms with Crippen LogP contribution < -0.4 is 0 Å². The molecule has 2 aromatic carbocycles. The van der Waals surface area contributed by atoms with Crippen LogP contribution in [0.5, 0.6) is 0 Å². The molecule has 0 aliphatic heterocycles. The van der Waals surface area contributed by atoms with E-state index in [0.717, 1.165) is 16.1 Å². The quantitative estimate of drug-likeness (QED) is 0.805. The van der Waals surface area contributed by atoms with E-state index in [2.05, 4.69) is 0 Å². The molecule has 0 spiro atoms. The van der Waals surface area contributed by atoms with Crippen LogP contribution in [0.4, 0.5) is 0 Å². The summed E-state index contributed by atoms with van der Waals surface area (Å²) in [5.41, 5.74) is 2.70. The summed E-state index contributed by atoms with van der Waals surface area (Å²) in [7, 11) is 0. The van der Waals surface area contributed by atoms with Crippen molar-refractivity contribution in [2.24, 2.45) is 0 Å². The Morgan fingerprint density at radius 2 is 1.78 bits per heavy atom. The summed E-state index contributed by atoms with van der Waals surface area (Å²) in [5, 5.41) is 0.730. The van der Waals surface area contributed by atoms with Crippen molar-refractivity contribution in [3.8, 4) is 0 Å². The van der Waals surface area contributed by atoms with Crippen LogP contribution in [0.2, 0.25) is 5.02 Å². The highest BCUT2D eigenvalue weighted by Crippen LogP contribution is 2.12. The fraction of sp³-hybridized carbons (Fsp3) is 0.0625. The lowest BCUT2D eigenvalue weighted by atomic mass is 10.0. The van der Waals surface area contributed by atoms with Crippen LogP contribution in [0.25, 0.3) is 6.08 Å². The van der Waals surface area contributed by atoms with Crippen LogP contribution in [-0.4, -0.2) is 6.29 Å². The lowest BCUT2D eigenvalue weighted by Gasteiger charge is -1.99. The van der Waals surface area contributed by atoms with Crippen molar-refractivity contribution in [2.75, 3.05) is 0 Å². The average molecular weight is 256 g/mol. The predicted octanol–water partition coefficient (Wildman–Crippen LogP) is 4.05. The van der Waals surface area contributed by atoms with Crippen LogP contribution in [0.15, 0.2) is 54.6 Å². The number of halogens is 1. The molecule has 0 saturated carbocycles. The van der Waals surface area contributed by atoms with Crippen molar-refractivity contribution in [3.63, 3.8) is 0 Å². The molecule has 0 aromatic heterocycles. The van der Waals surface area contributed by atoms with Gasteiger partial charge in [0.1, 0.15) is 0 Å². The first-order chi connectivity index (χ1) is 8.79. The smallest absolute Gasteiger partial charge is 0.233 e. The van der Waals surface area contributed by atoms with Gasteiger partial charge in [0, 0.05) is 10.6 Å². The molecular weight excluding hydrogens is 244 g/mol. The van der Waals surface area contributed by atoms with Crippen LogP contribution in [0.1, 0.15) is 16.7 Å². The molecular formula is C16H12ClO. The molecule has 0 aliphatic rings. The lowest BCUT2D eigenvalue weighted by Crippen LogP contribution is -1.90. The molecule has 0 aliphatic carbocycles. The van der Waals surface area contributed by atoms with Crippen LogP contribution in [0.3, 0.4) is 0 Å². The summed E-state index contributed by atoms with van der Waals surface area (Å²) in [6.45, 7) is 0. The molecule has 18 heavy (non-hydrogen) atoms. The Morgan fingerprint density at radius 3 is 2.50 bits per heavy atom. The zero-order chi connectivity index (χ0) is 12.8. The Balaban J connectivity index is 2.07. The maximum atomic E-state index is 10.7. The van der Waals surface area contributed by atoms with Crippen molar-refractivity contribution in [1.82, 2.24) is 0 Å². The second-order valence-corrected chi connectivity index (χ2v) is 4.35. The maximum absolute atomic E-state index is 10.7. The number of benzene rings is 2. The third-order valence-electron chi connectivity index (χ3n) is 2.65. The van der Waals surface area contributed by atoms with E-state index in [9.17, 15) is 4.79 Å².